The molecule has 1 aromatic carbocycles. The van der Waals surface area contributed by atoms with E-state index in [-0.39, 0.29) is 6.10 Å². The van der Waals surface area contributed by atoms with E-state index < -0.39 is 0 Å². The predicted octanol–water partition coefficient (Wildman–Crippen LogP) is 1.43. The number of nitrogens with zero attached hydrogens (tertiary/aromatic N) is 1. The minimum atomic E-state index is -0.134. The van der Waals surface area contributed by atoms with E-state index in [0.29, 0.717) is 6.04 Å². The Kier molecular flexibility index (Phi) is 2.93. The van der Waals surface area contributed by atoms with Crippen LogP contribution in [0.3, 0.4) is 0 Å². The topological polar surface area (TPSA) is 32.7 Å². The van der Waals surface area contributed by atoms with Crippen molar-refractivity contribution in [3.05, 3.63) is 29.8 Å². The summed E-state index contributed by atoms with van der Waals surface area (Å²) in [6, 6.07) is 8.48. The summed E-state index contributed by atoms with van der Waals surface area (Å²) < 4.78 is 5.11. The first kappa shape index (κ1) is 10.5. The summed E-state index contributed by atoms with van der Waals surface area (Å²) in [5, 5.41) is 9.23. The SMILES string of the molecule is COc1ccc([C@@H](C)N2CC(O)C2)cc1. The Morgan fingerprint density at radius 3 is 2.40 bits per heavy atom. The lowest BCUT2D eigenvalue weighted by atomic mass is 10.0. The standard InChI is InChI=1S/C12H17NO2/c1-9(13-7-11(14)8-13)10-3-5-12(15-2)6-4-10/h3-6,9,11,14H,7-8H2,1-2H3/t9-/m1/s1. The summed E-state index contributed by atoms with van der Waals surface area (Å²) in [6.07, 6.45) is -0.134. The third-order valence-electron chi connectivity index (χ3n) is 3.04. The Morgan fingerprint density at radius 2 is 1.93 bits per heavy atom. The van der Waals surface area contributed by atoms with Crippen molar-refractivity contribution in [3.63, 3.8) is 0 Å². The summed E-state index contributed by atoms with van der Waals surface area (Å²) in [5.74, 6) is 0.884. The first-order valence-electron chi connectivity index (χ1n) is 5.27. The second-order valence-electron chi connectivity index (χ2n) is 4.06. The van der Waals surface area contributed by atoms with Gasteiger partial charge in [0.15, 0.2) is 0 Å². The average molecular weight is 207 g/mol. The van der Waals surface area contributed by atoms with Crippen LogP contribution < -0.4 is 4.74 Å². The Bertz CT molecular complexity index is 317. The van der Waals surface area contributed by atoms with E-state index in [4.69, 9.17) is 4.74 Å². The van der Waals surface area contributed by atoms with Crippen LogP contribution in [0.15, 0.2) is 24.3 Å². The zero-order valence-electron chi connectivity index (χ0n) is 9.18. The average Bonchev–Trinajstić information content (AvgIpc) is 2.24. The summed E-state index contributed by atoms with van der Waals surface area (Å²) >= 11 is 0. The molecular formula is C12H17NO2. The van der Waals surface area contributed by atoms with Gasteiger partial charge in [0.1, 0.15) is 5.75 Å². The first-order valence-corrected chi connectivity index (χ1v) is 5.27. The number of hydrogen-bond donors (Lipinski definition) is 1. The van der Waals surface area contributed by atoms with E-state index in [1.165, 1.54) is 5.56 Å². The smallest absolute Gasteiger partial charge is 0.118 e. The number of likely N-dealkylation sites (tertiary alicyclic amines) is 1. The molecule has 3 heteroatoms. The Morgan fingerprint density at radius 1 is 1.33 bits per heavy atom. The van der Waals surface area contributed by atoms with E-state index in [9.17, 15) is 5.11 Å². The van der Waals surface area contributed by atoms with Crippen molar-refractivity contribution in [1.82, 2.24) is 4.90 Å². The van der Waals surface area contributed by atoms with Gasteiger partial charge in [0.05, 0.1) is 13.2 Å². The molecule has 1 aromatic rings. The van der Waals surface area contributed by atoms with Gasteiger partial charge in [0.25, 0.3) is 0 Å². The summed E-state index contributed by atoms with van der Waals surface area (Å²) in [4.78, 5) is 2.26. The van der Waals surface area contributed by atoms with Crippen molar-refractivity contribution in [2.45, 2.75) is 19.1 Å². The zero-order chi connectivity index (χ0) is 10.8. The van der Waals surface area contributed by atoms with Gasteiger partial charge in [-0.15, -0.1) is 0 Å². The molecule has 0 amide bonds. The van der Waals surface area contributed by atoms with Crippen molar-refractivity contribution >= 4 is 0 Å². The minimum Gasteiger partial charge on any atom is -0.497 e. The van der Waals surface area contributed by atoms with Gasteiger partial charge < -0.3 is 9.84 Å². The highest BCUT2D eigenvalue weighted by Gasteiger charge is 2.28. The highest BCUT2D eigenvalue weighted by atomic mass is 16.5. The molecule has 1 saturated heterocycles. The molecule has 2 rings (SSSR count). The monoisotopic (exact) mass is 207 g/mol. The molecule has 1 atom stereocenters. The van der Waals surface area contributed by atoms with Crippen LogP contribution in [0.4, 0.5) is 0 Å². The van der Waals surface area contributed by atoms with Gasteiger partial charge in [-0.05, 0) is 24.6 Å². The summed E-state index contributed by atoms with van der Waals surface area (Å²) in [7, 11) is 1.67. The third kappa shape index (κ3) is 2.13. The van der Waals surface area contributed by atoms with Crippen LogP contribution in [0, 0.1) is 0 Å². The number of β-amino-alcohol motifs (C(OH)–C–C–N with tert-alkyl or cyclic N) is 1. The molecule has 0 spiro atoms. The quantitative estimate of drug-likeness (QED) is 0.814. The Labute approximate surface area is 90.3 Å². The lowest BCUT2D eigenvalue weighted by Gasteiger charge is -2.40. The number of aliphatic hydroxyl groups is 1. The second kappa shape index (κ2) is 4.21. The van der Waals surface area contributed by atoms with Gasteiger partial charge in [0.2, 0.25) is 0 Å². The van der Waals surface area contributed by atoms with E-state index in [2.05, 4.69) is 24.0 Å². The fourth-order valence-corrected chi connectivity index (χ4v) is 1.90. The van der Waals surface area contributed by atoms with Crippen LogP contribution in [-0.2, 0) is 0 Å². The zero-order valence-corrected chi connectivity index (χ0v) is 9.18. The number of rotatable bonds is 3. The van der Waals surface area contributed by atoms with Crippen molar-refractivity contribution < 1.29 is 9.84 Å². The van der Waals surface area contributed by atoms with Crippen LogP contribution >= 0.6 is 0 Å². The molecule has 0 aliphatic carbocycles. The first-order chi connectivity index (χ1) is 7.20. The molecule has 15 heavy (non-hydrogen) atoms. The molecule has 1 aliphatic rings. The van der Waals surface area contributed by atoms with Gasteiger partial charge >= 0.3 is 0 Å². The molecule has 0 radical (unpaired) electrons. The minimum absolute atomic E-state index is 0.134. The van der Waals surface area contributed by atoms with Gasteiger partial charge in [-0.2, -0.15) is 0 Å². The summed E-state index contributed by atoms with van der Waals surface area (Å²) in [6.45, 7) is 3.73. The molecule has 1 heterocycles. The molecule has 1 fully saturated rings. The maximum Gasteiger partial charge on any atom is 0.118 e. The second-order valence-corrected chi connectivity index (χ2v) is 4.06. The van der Waals surface area contributed by atoms with Gasteiger partial charge in [0, 0.05) is 19.1 Å². The molecule has 0 saturated carbocycles. The van der Waals surface area contributed by atoms with Crippen molar-refractivity contribution in [2.24, 2.45) is 0 Å². The molecule has 3 nitrogen and oxygen atoms in total. The third-order valence-corrected chi connectivity index (χ3v) is 3.04. The van der Waals surface area contributed by atoms with E-state index in [1.807, 2.05) is 12.1 Å². The number of hydrogen-bond acceptors (Lipinski definition) is 3. The van der Waals surface area contributed by atoms with Crippen LogP contribution in [0.25, 0.3) is 0 Å². The van der Waals surface area contributed by atoms with Crippen LogP contribution in [0.5, 0.6) is 5.75 Å². The van der Waals surface area contributed by atoms with Crippen LogP contribution in [0.2, 0.25) is 0 Å². The maximum atomic E-state index is 9.23. The number of aliphatic hydroxyl groups excluding tert-OH is 1. The normalized spacial score (nSPS) is 19.7. The molecule has 82 valence electrons. The van der Waals surface area contributed by atoms with E-state index >= 15 is 0 Å². The molecule has 0 bridgehead atoms. The number of ether oxygens (including phenoxy) is 1. The molecule has 0 unspecified atom stereocenters. The highest BCUT2D eigenvalue weighted by Crippen LogP contribution is 2.26. The van der Waals surface area contributed by atoms with Gasteiger partial charge in [-0.3, -0.25) is 4.90 Å². The Hall–Kier alpha value is -1.06. The molecule has 1 N–H and O–H groups in total. The van der Waals surface area contributed by atoms with Crippen LogP contribution in [-0.4, -0.2) is 36.3 Å². The fraction of sp³-hybridized carbons (Fsp3) is 0.500. The highest BCUT2D eigenvalue weighted by molar-refractivity contribution is 5.29. The van der Waals surface area contributed by atoms with Crippen molar-refractivity contribution in [2.75, 3.05) is 20.2 Å². The van der Waals surface area contributed by atoms with Crippen molar-refractivity contribution in [1.29, 1.82) is 0 Å². The van der Waals surface area contributed by atoms with Crippen molar-refractivity contribution in [3.8, 4) is 5.75 Å². The lowest BCUT2D eigenvalue weighted by molar-refractivity contribution is -0.0211. The van der Waals surface area contributed by atoms with Gasteiger partial charge in [-0.1, -0.05) is 12.1 Å². The Balaban J connectivity index is 2.02. The van der Waals surface area contributed by atoms with Crippen LogP contribution in [0.1, 0.15) is 18.5 Å². The van der Waals surface area contributed by atoms with E-state index in [0.717, 1.165) is 18.8 Å². The molecule has 1 aliphatic heterocycles. The van der Waals surface area contributed by atoms with E-state index in [1.54, 1.807) is 7.11 Å². The number of benzene rings is 1. The maximum absolute atomic E-state index is 9.23. The summed E-state index contributed by atoms with van der Waals surface area (Å²) in [5.41, 5.74) is 1.27. The fourth-order valence-electron chi connectivity index (χ4n) is 1.90. The molecular weight excluding hydrogens is 190 g/mol. The lowest BCUT2D eigenvalue weighted by Crippen LogP contribution is -2.51. The number of methoxy groups -OCH3 is 1. The predicted molar refractivity (Wildman–Crippen MR) is 59.0 cm³/mol. The van der Waals surface area contributed by atoms with Gasteiger partial charge in [-0.25, -0.2) is 0 Å². The molecule has 0 aromatic heterocycles. The largest absolute Gasteiger partial charge is 0.497 e.